The molecular formula is C12H22ClNO2. The summed E-state index contributed by atoms with van der Waals surface area (Å²) in [6.07, 6.45) is 1.81. The fourth-order valence-corrected chi connectivity index (χ4v) is 2.28. The van der Waals surface area contributed by atoms with Gasteiger partial charge in [0.2, 0.25) is 5.91 Å². The molecule has 0 radical (unpaired) electrons. The highest BCUT2D eigenvalue weighted by Gasteiger charge is 2.31. The molecule has 1 rings (SSSR count). The maximum absolute atomic E-state index is 12.3. The molecule has 2 unspecified atom stereocenters. The minimum atomic E-state index is -0.00354. The Labute approximate surface area is 103 Å². The number of morpholine rings is 1. The monoisotopic (exact) mass is 247 g/mol. The lowest BCUT2D eigenvalue weighted by molar-refractivity contribution is -0.147. The minimum absolute atomic E-state index is 0.00354. The number of amides is 1. The minimum Gasteiger partial charge on any atom is -0.373 e. The molecule has 0 aromatic carbocycles. The molecule has 1 fully saturated rings. The highest BCUT2D eigenvalue weighted by atomic mass is 35.5. The quantitative estimate of drug-likeness (QED) is 0.714. The van der Waals surface area contributed by atoms with Gasteiger partial charge >= 0.3 is 0 Å². The predicted octanol–water partition coefficient (Wildman–Crippen LogP) is 2.28. The molecule has 0 saturated carbocycles. The third kappa shape index (κ3) is 3.11. The fraction of sp³-hybridized carbons (Fsp3) is 0.917. The lowest BCUT2D eigenvalue weighted by Crippen LogP contribution is -2.53. The van der Waals surface area contributed by atoms with Gasteiger partial charge in [0.15, 0.2) is 0 Å². The molecule has 0 bridgehead atoms. The smallest absolute Gasteiger partial charge is 0.226 e. The summed E-state index contributed by atoms with van der Waals surface area (Å²) in [7, 11) is 0. The summed E-state index contributed by atoms with van der Waals surface area (Å²) in [5.74, 6) is 0.867. The molecule has 2 atom stereocenters. The van der Waals surface area contributed by atoms with E-state index in [1.54, 1.807) is 0 Å². The molecule has 94 valence electrons. The van der Waals surface area contributed by atoms with Crippen LogP contribution >= 0.6 is 11.6 Å². The van der Waals surface area contributed by atoms with Crippen molar-refractivity contribution in [3.05, 3.63) is 0 Å². The number of rotatable bonds is 4. The van der Waals surface area contributed by atoms with E-state index in [4.69, 9.17) is 16.3 Å². The Balaban J connectivity index is 2.64. The van der Waals surface area contributed by atoms with E-state index in [0.29, 0.717) is 19.0 Å². The van der Waals surface area contributed by atoms with Crippen molar-refractivity contribution >= 4 is 17.5 Å². The lowest BCUT2D eigenvalue weighted by Gasteiger charge is -2.39. The average Bonchev–Trinajstić information content (AvgIpc) is 2.31. The molecule has 3 nitrogen and oxygen atoms in total. The maximum atomic E-state index is 12.3. The Bertz CT molecular complexity index is 231. The zero-order valence-electron chi connectivity index (χ0n) is 10.4. The van der Waals surface area contributed by atoms with Crippen LogP contribution in [0, 0.1) is 5.92 Å². The molecule has 0 aromatic heterocycles. The zero-order valence-corrected chi connectivity index (χ0v) is 11.2. The van der Waals surface area contributed by atoms with Crippen molar-refractivity contribution in [3.63, 3.8) is 0 Å². The lowest BCUT2D eigenvalue weighted by atomic mass is 10.00. The normalized spacial score (nSPS) is 26.2. The zero-order chi connectivity index (χ0) is 12.1. The second-order valence-corrected chi connectivity index (χ2v) is 4.77. The van der Waals surface area contributed by atoms with Gasteiger partial charge < -0.3 is 9.64 Å². The first-order valence-electron chi connectivity index (χ1n) is 6.12. The SMILES string of the molecule is CCC(CC)C(=O)N1CC(CCl)OCC1C. The van der Waals surface area contributed by atoms with Crippen molar-refractivity contribution in [1.82, 2.24) is 4.90 Å². The van der Waals surface area contributed by atoms with E-state index < -0.39 is 0 Å². The van der Waals surface area contributed by atoms with Gasteiger partial charge in [0.05, 0.1) is 24.6 Å². The summed E-state index contributed by atoms with van der Waals surface area (Å²) in [5.41, 5.74) is 0. The number of carbonyl (C=O) groups excluding carboxylic acids is 1. The van der Waals surface area contributed by atoms with Crippen LogP contribution in [0.3, 0.4) is 0 Å². The maximum Gasteiger partial charge on any atom is 0.226 e. The number of alkyl halides is 1. The standard InChI is InChI=1S/C12H22ClNO2/c1-4-10(5-2)12(15)14-7-11(6-13)16-8-9(14)3/h9-11H,4-8H2,1-3H3. The van der Waals surface area contributed by atoms with E-state index >= 15 is 0 Å². The summed E-state index contributed by atoms with van der Waals surface area (Å²) in [6, 6.07) is 0.174. The van der Waals surface area contributed by atoms with Crippen LogP contribution in [-0.2, 0) is 9.53 Å². The average molecular weight is 248 g/mol. The summed E-state index contributed by atoms with van der Waals surface area (Å²) in [4.78, 5) is 14.2. The van der Waals surface area contributed by atoms with E-state index in [0.717, 1.165) is 12.8 Å². The van der Waals surface area contributed by atoms with Gasteiger partial charge in [-0.05, 0) is 19.8 Å². The molecule has 0 aliphatic carbocycles. The summed E-state index contributed by atoms with van der Waals surface area (Å²) in [5, 5.41) is 0. The van der Waals surface area contributed by atoms with Crippen molar-refractivity contribution in [3.8, 4) is 0 Å². The molecule has 1 aliphatic heterocycles. The van der Waals surface area contributed by atoms with Gasteiger partial charge in [-0.1, -0.05) is 13.8 Å². The van der Waals surface area contributed by atoms with Crippen molar-refractivity contribution in [1.29, 1.82) is 0 Å². The predicted molar refractivity (Wildman–Crippen MR) is 65.7 cm³/mol. The van der Waals surface area contributed by atoms with Crippen LogP contribution in [0.1, 0.15) is 33.6 Å². The third-order valence-corrected chi connectivity index (χ3v) is 3.64. The Morgan fingerprint density at radius 1 is 1.50 bits per heavy atom. The first-order chi connectivity index (χ1) is 7.63. The number of ether oxygens (including phenoxy) is 1. The molecule has 16 heavy (non-hydrogen) atoms. The number of carbonyl (C=O) groups is 1. The van der Waals surface area contributed by atoms with Gasteiger partial charge in [-0.25, -0.2) is 0 Å². The van der Waals surface area contributed by atoms with Crippen LogP contribution in [0.25, 0.3) is 0 Å². The largest absolute Gasteiger partial charge is 0.373 e. The van der Waals surface area contributed by atoms with Crippen molar-refractivity contribution in [2.24, 2.45) is 5.92 Å². The van der Waals surface area contributed by atoms with E-state index in [1.165, 1.54) is 0 Å². The number of hydrogen-bond donors (Lipinski definition) is 0. The molecular weight excluding hydrogens is 226 g/mol. The number of hydrogen-bond acceptors (Lipinski definition) is 2. The van der Waals surface area contributed by atoms with Gasteiger partial charge in [0.25, 0.3) is 0 Å². The van der Waals surface area contributed by atoms with E-state index in [-0.39, 0.29) is 24.0 Å². The van der Waals surface area contributed by atoms with Crippen LogP contribution in [0.5, 0.6) is 0 Å². The van der Waals surface area contributed by atoms with Gasteiger partial charge in [0, 0.05) is 12.5 Å². The van der Waals surface area contributed by atoms with Crippen LogP contribution in [0.2, 0.25) is 0 Å². The first-order valence-corrected chi connectivity index (χ1v) is 6.65. The van der Waals surface area contributed by atoms with Crippen molar-refractivity contribution in [2.75, 3.05) is 19.0 Å². The Morgan fingerprint density at radius 2 is 2.12 bits per heavy atom. The summed E-state index contributed by atoms with van der Waals surface area (Å²) >= 11 is 5.78. The van der Waals surface area contributed by atoms with Gasteiger partial charge in [-0.3, -0.25) is 4.79 Å². The van der Waals surface area contributed by atoms with E-state index in [1.807, 2.05) is 11.8 Å². The fourth-order valence-electron chi connectivity index (χ4n) is 2.09. The van der Waals surface area contributed by atoms with E-state index in [9.17, 15) is 4.79 Å². The van der Waals surface area contributed by atoms with Crippen LogP contribution in [-0.4, -0.2) is 42.0 Å². The number of nitrogens with zero attached hydrogens (tertiary/aromatic N) is 1. The topological polar surface area (TPSA) is 29.5 Å². The molecule has 1 amide bonds. The second-order valence-electron chi connectivity index (χ2n) is 4.46. The van der Waals surface area contributed by atoms with Crippen LogP contribution in [0.4, 0.5) is 0 Å². The van der Waals surface area contributed by atoms with Crippen molar-refractivity contribution in [2.45, 2.75) is 45.8 Å². The number of halogens is 1. The van der Waals surface area contributed by atoms with Crippen LogP contribution < -0.4 is 0 Å². The van der Waals surface area contributed by atoms with Gasteiger partial charge in [-0.2, -0.15) is 0 Å². The summed E-state index contributed by atoms with van der Waals surface area (Å²) in [6.45, 7) is 7.40. The van der Waals surface area contributed by atoms with Gasteiger partial charge in [-0.15, -0.1) is 11.6 Å². The Morgan fingerprint density at radius 3 is 2.62 bits per heavy atom. The van der Waals surface area contributed by atoms with Crippen LogP contribution in [0.15, 0.2) is 0 Å². The first kappa shape index (κ1) is 13.8. The molecule has 1 aliphatic rings. The highest BCUT2D eigenvalue weighted by molar-refractivity contribution is 6.18. The highest BCUT2D eigenvalue weighted by Crippen LogP contribution is 2.19. The molecule has 1 heterocycles. The molecule has 4 heteroatoms. The van der Waals surface area contributed by atoms with E-state index in [2.05, 4.69) is 13.8 Å². The second kappa shape index (κ2) is 6.45. The molecule has 1 saturated heterocycles. The Hall–Kier alpha value is -0.280. The Kier molecular flexibility index (Phi) is 5.56. The van der Waals surface area contributed by atoms with Gasteiger partial charge in [0.1, 0.15) is 0 Å². The third-order valence-electron chi connectivity index (χ3n) is 3.30. The molecule has 0 N–H and O–H groups in total. The van der Waals surface area contributed by atoms with Crippen molar-refractivity contribution < 1.29 is 9.53 Å². The molecule has 0 aromatic rings. The molecule has 0 spiro atoms. The summed E-state index contributed by atoms with van der Waals surface area (Å²) < 4.78 is 5.54.